The molecule has 0 atom stereocenters. The Morgan fingerprint density at radius 3 is 2.37 bits per heavy atom. The van der Waals surface area contributed by atoms with Crippen molar-refractivity contribution in [1.82, 2.24) is 4.98 Å². The number of aromatic nitrogens is 1. The van der Waals surface area contributed by atoms with Gasteiger partial charge in [0.1, 0.15) is 0 Å². The van der Waals surface area contributed by atoms with Crippen LogP contribution in [0.3, 0.4) is 0 Å². The first-order valence-corrected chi connectivity index (χ1v) is 5.58. The highest BCUT2D eigenvalue weighted by atomic mass is 19.4. The smallest absolute Gasteiger partial charge is 0.294 e. The molecule has 2 rings (SSSR count). The molecule has 1 aromatic heterocycles. The average molecular weight is 265 g/mol. The number of Topliss-reactive ketones (excluding diaryl/α,β-unsaturated/α-hetero) is 1. The lowest BCUT2D eigenvalue weighted by atomic mass is 10.0. The van der Waals surface area contributed by atoms with E-state index in [0.717, 1.165) is 6.07 Å². The summed E-state index contributed by atoms with van der Waals surface area (Å²) in [6.45, 7) is 0. The van der Waals surface area contributed by atoms with Crippen LogP contribution < -0.4 is 0 Å². The molecule has 0 amide bonds. The van der Waals surface area contributed by atoms with Crippen LogP contribution in [-0.2, 0) is 12.6 Å². The van der Waals surface area contributed by atoms with Gasteiger partial charge >= 0.3 is 6.18 Å². The Bertz CT molecular complexity index is 579. The summed E-state index contributed by atoms with van der Waals surface area (Å²) in [5.74, 6) is -0.384. The zero-order chi connectivity index (χ0) is 13.9. The molecule has 0 fully saturated rings. The van der Waals surface area contributed by atoms with Crippen LogP contribution >= 0.6 is 0 Å². The van der Waals surface area contributed by atoms with Crippen LogP contribution in [0.4, 0.5) is 13.2 Å². The Labute approximate surface area is 107 Å². The number of pyridine rings is 1. The minimum Gasteiger partial charge on any atom is -0.294 e. The maximum Gasteiger partial charge on any atom is 0.418 e. The molecule has 0 aliphatic carbocycles. The van der Waals surface area contributed by atoms with Gasteiger partial charge in [-0.05, 0) is 12.1 Å². The zero-order valence-electron chi connectivity index (χ0n) is 9.82. The van der Waals surface area contributed by atoms with Gasteiger partial charge in [0.25, 0.3) is 0 Å². The predicted octanol–water partition coefficient (Wildman–Crippen LogP) is 3.53. The highest BCUT2D eigenvalue weighted by Crippen LogP contribution is 2.31. The minimum absolute atomic E-state index is 0.246. The number of carbonyl (C=O) groups excluding carboxylic acids is 1. The van der Waals surface area contributed by atoms with Crippen molar-refractivity contribution in [1.29, 1.82) is 0 Å². The van der Waals surface area contributed by atoms with Crippen LogP contribution in [0.5, 0.6) is 0 Å². The third-order valence-electron chi connectivity index (χ3n) is 2.62. The molecule has 98 valence electrons. The standard InChI is InChI=1S/C14H10F3NO/c15-14(16,17)11-7-4-8-18-12(11)9-13(19)10-5-2-1-3-6-10/h1-8H,9H2. The third kappa shape index (κ3) is 3.19. The van der Waals surface area contributed by atoms with Crippen LogP contribution in [-0.4, -0.2) is 10.8 Å². The average Bonchev–Trinajstić information content (AvgIpc) is 2.39. The van der Waals surface area contributed by atoms with Crippen molar-refractivity contribution in [2.45, 2.75) is 12.6 Å². The predicted molar refractivity (Wildman–Crippen MR) is 63.7 cm³/mol. The third-order valence-corrected chi connectivity index (χ3v) is 2.62. The van der Waals surface area contributed by atoms with E-state index in [2.05, 4.69) is 4.98 Å². The second-order valence-corrected chi connectivity index (χ2v) is 3.96. The molecule has 2 nitrogen and oxygen atoms in total. The van der Waals surface area contributed by atoms with Crippen LogP contribution in [0.25, 0.3) is 0 Å². The quantitative estimate of drug-likeness (QED) is 0.795. The van der Waals surface area contributed by atoms with Crippen LogP contribution in [0.15, 0.2) is 48.7 Å². The fourth-order valence-corrected chi connectivity index (χ4v) is 1.72. The Hall–Kier alpha value is -2.17. The van der Waals surface area contributed by atoms with E-state index in [4.69, 9.17) is 0 Å². The molecule has 0 N–H and O–H groups in total. The number of benzene rings is 1. The van der Waals surface area contributed by atoms with E-state index in [1.165, 1.54) is 12.3 Å². The van der Waals surface area contributed by atoms with Gasteiger partial charge in [-0.2, -0.15) is 13.2 Å². The first kappa shape index (κ1) is 13.3. The molecule has 0 unspecified atom stereocenters. The van der Waals surface area contributed by atoms with E-state index in [-0.39, 0.29) is 17.9 Å². The number of nitrogens with zero attached hydrogens (tertiary/aromatic N) is 1. The summed E-state index contributed by atoms with van der Waals surface area (Å²) in [5.41, 5.74) is -0.732. The summed E-state index contributed by atoms with van der Waals surface area (Å²) < 4.78 is 38.2. The Morgan fingerprint density at radius 1 is 1.05 bits per heavy atom. The van der Waals surface area contributed by atoms with Gasteiger partial charge in [-0.1, -0.05) is 30.3 Å². The number of carbonyl (C=O) groups is 1. The maximum absolute atomic E-state index is 12.7. The lowest BCUT2D eigenvalue weighted by molar-refractivity contribution is -0.138. The number of hydrogen-bond donors (Lipinski definition) is 0. The number of halogens is 3. The number of rotatable bonds is 3. The van der Waals surface area contributed by atoms with Gasteiger partial charge < -0.3 is 0 Å². The van der Waals surface area contributed by atoms with Gasteiger partial charge in [0.15, 0.2) is 5.78 Å². The van der Waals surface area contributed by atoms with Crippen molar-refractivity contribution in [2.24, 2.45) is 0 Å². The Kier molecular flexibility index (Phi) is 3.64. The van der Waals surface area contributed by atoms with E-state index in [9.17, 15) is 18.0 Å². The monoisotopic (exact) mass is 265 g/mol. The summed E-state index contributed by atoms with van der Waals surface area (Å²) in [5, 5.41) is 0. The van der Waals surface area contributed by atoms with Crippen molar-refractivity contribution < 1.29 is 18.0 Å². The van der Waals surface area contributed by atoms with Gasteiger partial charge in [-0.3, -0.25) is 9.78 Å². The number of hydrogen-bond acceptors (Lipinski definition) is 2. The normalized spacial score (nSPS) is 11.3. The minimum atomic E-state index is -4.50. The van der Waals surface area contributed by atoms with Crippen molar-refractivity contribution in [3.63, 3.8) is 0 Å². The van der Waals surface area contributed by atoms with Crippen molar-refractivity contribution >= 4 is 5.78 Å². The Balaban J connectivity index is 2.28. The molecule has 2 aromatic rings. The lowest BCUT2D eigenvalue weighted by Crippen LogP contribution is -2.14. The van der Waals surface area contributed by atoms with Gasteiger partial charge in [0.05, 0.1) is 17.7 Å². The highest BCUT2D eigenvalue weighted by Gasteiger charge is 2.34. The summed E-state index contributed by atoms with van der Waals surface area (Å²) in [6.07, 6.45) is -3.61. The second-order valence-electron chi connectivity index (χ2n) is 3.96. The molecular formula is C14H10F3NO. The molecule has 1 aromatic carbocycles. The fourth-order valence-electron chi connectivity index (χ4n) is 1.72. The number of ketones is 1. The molecule has 0 saturated heterocycles. The van der Waals surface area contributed by atoms with Gasteiger partial charge in [0, 0.05) is 11.8 Å². The maximum atomic E-state index is 12.7. The molecule has 1 heterocycles. The molecule has 0 bridgehead atoms. The van der Waals surface area contributed by atoms with E-state index in [1.807, 2.05) is 0 Å². The zero-order valence-corrected chi connectivity index (χ0v) is 9.82. The molecule has 0 saturated carbocycles. The van der Waals surface area contributed by atoms with Crippen molar-refractivity contribution in [2.75, 3.05) is 0 Å². The SMILES string of the molecule is O=C(Cc1ncccc1C(F)(F)F)c1ccccc1. The van der Waals surface area contributed by atoms with E-state index in [1.54, 1.807) is 30.3 Å². The van der Waals surface area contributed by atoms with Crippen LogP contribution in [0.1, 0.15) is 21.6 Å². The largest absolute Gasteiger partial charge is 0.418 e. The first-order valence-electron chi connectivity index (χ1n) is 5.58. The molecular weight excluding hydrogens is 255 g/mol. The van der Waals surface area contributed by atoms with Crippen molar-refractivity contribution in [3.8, 4) is 0 Å². The van der Waals surface area contributed by atoms with Crippen LogP contribution in [0, 0.1) is 0 Å². The van der Waals surface area contributed by atoms with E-state index < -0.39 is 11.7 Å². The van der Waals surface area contributed by atoms with Crippen LogP contribution in [0.2, 0.25) is 0 Å². The van der Waals surface area contributed by atoms with E-state index >= 15 is 0 Å². The summed E-state index contributed by atoms with van der Waals surface area (Å²) in [7, 11) is 0. The van der Waals surface area contributed by atoms with Gasteiger partial charge in [0.2, 0.25) is 0 Å². The van der Waals surface area contributed by atoms with Gasteiger partial charge in [-0.25, -0.2) is 0 Å². The fraction of sp³-hybridized carbons (Fsp3) is 0.143. The van der Waals surface area contributed by atoms with Gasteiger partial charge in [-0.15, -0.1) is 0 Å². The van der Waals surface area contributed by atoms with Crippen molar-refractivity contribution in [3.05, 3.63) is 65.5 Å². The molecule has 0 spiro atoms. The molecule has 5 heteroatoms. The topological polar surface area (TPSA) is 30.0 Å². The molecule has 19 heavy (non-hydrogen) atoms. The molecule has 0 aliphatic rings. The lowest BCUT2D eigenvalue weighted by Gasteiger charge is -2.10. The number of alkyl halides is 3. The first-order chi connectivity index (χ1) is 8.98. The summed E-state index contributed by atoms with van der Waals surface area (Å²) >= 11 is 0. The van der Waals surface area contributed by atoms with E-state index in [0.29, 0.717) is 5.56 Å². The molecule has 0 radical (unpaired) electrons. The Morgan fingerprint density at radius 2 is 1.74 bits per heavy atom. The highest BCUT2D eigenvalue weighted by molar-refractivity contribution is 5.97. The molecule has 0 aliphatic heterocycles. The second kappa shape index (κ2) is 5.22. The summed E-state index contributed by atoms with van der Waals surface area (Å²) in [6, 6.07) is 10.3. The summed E-state index contributed by atoms with van der Waals surface area (Å²) in [4.78, 5) is 15.6.